The van der Waals surface area contributed by atoms with Gasteiger partial charge >= 0.3 is 0 Å². The average Bonchev–Trinajstić information content (AvgIpc) is 2.29. The Bertz CT molecular complexity index is 369. The van der Waals surface area contributed by atoms with E-state index in [0.717, 1.165) is 5.69 Å². The van der Waals surface area contributed by atoms with Crippen molar-refractivity contribution in [3.05, 3.63) is 28.8 Å². The molecule has 4 nitrogen and oxygen atoms in total. The van der Waals surface area contributed by atoms with E-state index in [2.05, 4.69) is 10.6 Å². The van der Waals surface area contributed by atoms with E-state index in [1.54, 1.807) is 32.4 Å². The van der Waals surface area contributed by atoms with Gasteiger partial charge in [0.1, 0.15) is 0 Å². The van der Waals surface area contributed by atoms with E-state index in [-0.39, 0.29) is 5.91 Å². The number of amides is 1. The normalized spacial score (nSPS) is 9.94. The van der Waals surface area contributed by atoms with Crippen LogP contribution in [0.3, 0.4) is 0 Å². The van der Waals surface area contributed by atoms with Gasteiger partial charge in [-0.2, -0.15) is 0 Å². The average molecular weight is 243 g/mol. The third-order valence-electron chi connectivity index (χ3n) is 2.09. The van der Waals surface area contributed by atoms with E-state index in [1.807, 2.05) is 0 Å². The summed E-state index contributed by atoms with van der Waals surface area (Å²) < 4.78 is 4.85. The van der Waals surface area contributed by atoms with Crippen LogP contribution in [0.15, 0.2) is 18.2 Å². The largest absolute Gasteiger partial charge is 0.387 e. The van der Waals surface area contributed by atoms with Crippen molar-refractivity contribution in [2.45, 2.75) is 0 Å². The maximum Gasteiger partial charge on any atom is 0.253 e. The number of benzene rings is 1. The highest BCUT2D eigenvalue weighted by atomic mass is 35.5. The molecule has 0 bridgehead atoms. The van der Waals surface area contributed by atoms with Gasteiger partial charge in [0, 0.05) is 31.4 Å². The summed E-state index contributed by atoms with van der Waals surface area (Å²) in [6.45, 7) is 0.964. The smallest absolute Gasteiger partial charge is 0.253 e. The molecule has 0 aromatic heterocycles. The van der Waals surface area contributed by atoms with Crippen LogP contribution in [0.4, 0.5) is 5.69 Å². The molecular weight excluding hydrogens is 228 g/mol. The highest BCUT2D eigenvalue weighted by Crippen LogP contribution is 2.19. The van der Waals surface area contributed by atoms with Gasteiger partial charge in [-0.05, 0) is 18.2 Å². The highest BCUT2D eigenvalue weighted by molar-refractivity contribution is 6.31. The number of carbonyl (C=O) groups is 1. The molecule has 0 radical (unpaired) electrons. The minimum absolute atomic E-state index is 0.163. The lowest BCUT2D eigenvalue weighted by molar-refractivity contribution is 0.0938. The Balaban J connectivity index is 2.76. The summed E-state index contributed by atoms with van der Waals surface area (Å²) in [5.41, 5.74) is 1.28. The first kappa shape index (κ1) is 12.8. The fraction of sp³-hybridized carbons (Fsp3) is 0.364. The quantitative estimate of drug-likeness (QED) is 0.774. The molecule has 16 heavy (non-hydrogen) atoms. The van der Waals surface area contributed by atoms with Gasteiger partial charge in [-0.25, -0.2) is 0 Å². The first-order valence-corrected chi connectivity index (χ1v) is 5.31. The number of anilines is 1. The molecule has 1 rings (SSSR count). The maximum atomic E-state index is 11.8. The molecular formula is C11H15ClN2O2. The Hall–Kier alpha value is -1.26. The molecule has 0 heterocycles. The van der Waals surface area contributed by atoms with Crippen molar-refractivity contribution in [2.75, 3.05) is 32.6 Å². The molecule has 88 valence electrons. The number of carbonyl (C=O) groups excluding carboxylic acids is 1. The number of hydrogen-bond acceptors (Lipinski definition) is 3. The van der Waals surface area contributed by atoms with Gasteiger partial charge < -0.3 is 15.4 Å². The van der Waals surface area contributed by atoms with Crippen molar-refractivity contribution in [3.63, 3.8) is 0 Å². The Kier molecular flexibility index (Phi) is 5.08. The Labute approximate surface area is 99.9 Å². The third kappa shape index (κ3) is 3.40. The molecule has 2 N–H and O–H groups in total. The van der Waals surface area contributed by atoms with Crippen LogP contribution in [0.25, 0.3) is 0 Å². The number of halogens is 1. The van der Waals surface area contributed by atoms with Gasteiger partial charge in [-0.15, -0.1) is 0 Å². The van der Waals surface area contributed by atoms with Gasteiger partial charge in [0.25, 0.3) is 5.91 Å². The van der Waals surface area contributed by atoms with Crippen LogP contribution in [-0.2, 0) is 4.74 Å². The second-order valence-corrected chi connectivity index (χ2v) is 3.63. The summed E-state index contributed by atoms with van der Waals surface area (Å²) in [4.78, 5) is 11.8. The lowest BCUT2D eigenvalue weighted by Gasteiger charge is -2.09. The second-order valence-electron chi connectivity index (χ2n) is 3.19. The first-order chi connectivity index (χ1) is 7.69. The summed E-state index contributed by atoms with van der Waals surface area (Å²) in [5.74, 6) is -0.163. The van der Waals surface area contributed by atoms with Crippen molar-refractivity contribution in [1.29, 1.82) is 0 Å². The number of rotatable bonds is 5. The van der Waals surface area contributed by atoms with Crippen LogP contribution in [-0.4, -0.2) is 33.2 Å². The molecule has 0 unspecified atom stereocenters. The molecule has 0 fully saturated rings. The summed E-state index contributed by atoms with van der Waals surface area (Å²) in [7, 11) is 3.35. The molecule has 0 saturated carbocycles. The summed E-state index contributed by atoms with van der Waals surface area (Å²) in [5, 5.41) is 6.22. The second kappa shape index (κ2) is 6.35. The molecule has 1 aromatic rings. The van der Waals surface area contributed by atoms with Crippen LogP contribution in [0, 0.1) is 0 Å². The standard InChI is InChI=1S/C11H15ClN2O2/c1-13-10-4-3-8(12)7-9(10)11(15)14-5-6-16-2/h3-4,7,13H,5-6H2,1-2H3,(H,14,15). The zero-order valence-electron chi connectivity index (χ0n) is 9.34. The fourth-order valence-electron chi connectivity index (χ4n) is 1.28. The van der Waals surface area contributed by atoms with Crippen molar-refractivity contribution >= 4 is 23.2 Å². The van der Waals surface area contributed by atoms with Crippen LogP contribution in [0.5, 0.6) is 0 Å². The van der Waals surface area contributed by atoms with E-state index in [4.69, 9.17) is 16.3 Å². The van der Waals surface area contributed by atoms with Gasteiger partial charge in [0.2, 0.25) is 0 Å². The Morgan fingerprint density at radius 3 is 2.88 bits per heavy atom. The predicted octanol–water partition coefficient (Wildman–Crippen LogP) is 1.76. The molecule has 1 amide bonds. The zero-order chi connectivity index (χ0) is 12.0. The minimum Gasteiger partial charge on any atom is -0.387 e. The van der Waals surface area contributed by atoms with Crippen molar-refractivity contribution in [1.82, 2.24) is 5.32 Å². The van der Waals surface area contributed by atoms with Gasteiger partial charge in [0.05, 0.1) is 12.2 Å². The van der Waals surface area contributed by atoms with Crippen molar-refractivity contribution in [3.8, 4) is 0 Å². The van der Waals surface area contributed by atoms with E-state index in [0.29, 0.717) is 23.7 Å². The Morgan fingerprint density at radius 1 is 1.50 bits per heavy atom. The maximum absolute atomic E-state index is 11.8. The fourth-order valence-corrected chi connectivity index (χ4v) is 1.46. The molecule has 0 atom stereocenters. The monoisotopic (exact) mass is 242 g/mol. The summed E-state index contributed by atoms with van der Waals surface area (Å²) in [6.07, 6.45) is 0. The molecule has 0 aliphatic heterocycles. The predicted molar refractivity (Wildman–Crippen MR) is 65.2 cm³/mol. The summed E-state index contributed by atoms with van der Waals surface area (Å²) in [6, 6.07) is 5.14. The van der Waals surface area contributed by atoms with Gasteiger partial charge in [-0.1, -0.05) is 11.6 Å². The number of hydrogen-bond donors (Lipinski definition) is 2. The van der Waals surface area contributed by atoms with E-state index in [9.17, 15) is 4.79 Å². The Morgan fingerprint density at radius 2 is 2.25 bits per heavy atom. The number of nitrogens with one attached hydrogen (secondary N) is 2. The topological polar surface area (TPSA) is 50.4 Å². The molecule has 1 aromatic carbocycles. The third-order valence-corrected chi connectivity index (χ3v) is 2.32. The van der Waals surface area contributed by atoms with Crippen LogP contribution in [0.2, 0.25) is 5.02 Å². The molecule has 0 saturated heterocycles. The number of methoxy groups -OCH3 is 1. The molecule has 5 heteroatoms. The molecule has 0 spiro atoms. The molecule has 0 aliphatic rings. The SMILES string of the molecule is CNc1ccc(Cl)cc1C(=O)NCCOC. The lowest BCUT2D eigenvalue weighted by atomic mass is 10.1. The first-order valence-electron chi connectivity index (χ1n) is 4.93. The molecule has 0 aliphatic carbocycles. The van der Waals surface area contributed by atoms with Crippen LogP contribution >= 0.6 is 11.6 Å². The lowest BCUT2D eigenvalue weighted by Crippen LogP contribution is -2.27. The zero-order valence-corrected chi connectivity index (χ0v) is 10.1. The minimum atomic E-state index is -0.163. The number of ether oxygens (including phenoxy) is 1. The van der Waals surface area contributed by atoms with E-state index >= 15 is 0 Å². The highest BCUT2D eigenvalue weighted by Gasteiger charge is 2.10. The van der Waals surface area contributed by atoms with Crippen molar-refractivity contribution < 1.29 is 9.53 Å². The van der Waals surface area contributed by atoms with E-state index < -0.39 is 0 Å². The van der Waals surface area contributed by atoms with Crippen LogP contribution in [0.1, 0.15) is 10.4 Å². The van der Waals surface area contributed by atoms with Gasteiger partial charge in [-0.3, -0.25) is 4.79 Å². The van der Waals surface area contributed by atoms with E-state index in [1.165, 1.54) is 0 Å². The van der Waals surface area contributed by atoms with Gasteiger partial charge in [0.15, 0.2) is 0 Å². The van der Waals surface area contributed by atoms with Crippen LogP contribution < -0.4 is 10.6 Å². The summed E-state index contributed by atoms with van der Waals surface area (Å²) >= 11 is 5.85. The van der Waals surface area contributed by atoms with Crippen molar-refractivity contribution in [2.24, 2.45) is 0 Å².